The lowest BCUT2D eigenvalue weighted by Crippen LogP contribution is -2.62. The predicted molar refractivity (Wildman–Crippen MR) is 371 cm³/mol. The number of hydrogen-bond donors (Lipinski definition) is 13. The number of fused-ring (bicyclic) bond motifs is 1. The molecule has 4 aromatic rings. The zero-order valence-corrected chi connectivity index (χ0v) is 58.8. The zero-order chi connectivity index (χ0) is 74.4. The Morgan fingerprint density at radius 2 is 1.20 bits per heavy atom. The number of carboxylic acid groups (broad SMARTS) is 1. The summed E-state index contributed by atoms with van der Waals surface area (Å²) >= 11 is 0. The summed E-state index contributed by atoms with van der Waals surface area (Å²) in [6, 6.07) is 7.25. The lowest BCUT2D eigenvalue weighted by Gasteiger charge is -2.33. The van der Waals surface area contributed by atoms with E-state index in [1.54, 1.807) is 18.3 Å². The Bertz CT molecular complexity index is 3500. The second-order valence-electron chi connectivity index (χ2n) is 27.0. The fourth-order valence-corrected chi connectivity index (χ4v) is 11.1. The molecular formula is C73H102F2N10O15. The fraction of sp³-hybridized carbons (Fsp3) is 0.534. The second-order valence-corrected chi connectivity index (χ2v) is 27.0. The summed E-state index contributed by atoms with van der Waals surface area (Å²) in [5, 5.41) is 51.9. The van der Waals surface area contributed by atoms with Gasteiger partial charge in [-0.15, -0.1) is 0 Å². The number of ketones is 2. The maximum absolute atomic E-state index is 15.1. The van der Waals surface area contributed by atoms with E-state index in [1.165, 1.54) is 71.9 Å². The molecular weight excluding hydrogens is 1290 g/mol. The quantitative estimate of drug-likeness (QED) is 0.0180. The molecule has 2 unspecified atom stereocenters. The number of aromatic nitrogens is 1. The number of Topliss-reactive ketones (excluding diaryl/α,β-unsaturated/α-hetero) is 2. The molecule has 1 aromatic heterocycles. The van der Waals surface area contributed by atoms with E-state index in [0.717, 1.165) is 44.2 Å². The first-order valence-electron chi connectivity index (χ1n) is 34.2. The van der Waals surface area contributed by atoms with E-state index in [-0.39, 0.29) is 68.6 Å². The number of aliphatic hydroxyl groups excluding tert-OH is 1. The molecule has 0 aliphatic heterocycles. The number of hydrogen-bond acceptors (Lipinski definition) is 14. The molecule has 14 N–H and O–H groups in total. The van der Waals surface area contributed by atoms with E-state index < -0.39 is 161 Å². The van der Waals surface area contributed by atoms with Crippen LogP contribution in [0.4, 0.5) is 8.78 Å². The smallest absolute Gasteiger partial charge is 0.303 e. The zero-order valence-electron chi connectivity index (χ0n) is 58.8. The van der Waals surface area contributed by atoms with Crippen LogP contribution in [0.25, 0.3) is 10.9 Å². The van der Waals surface area contributed by atoms with Gasteiger partial charge in [-0.05, 0) is 152 Å². The van der Waals surface area contributed by atoms with Gasteiger partial charge in [0, 0.05) is 61.0 Å². The first-order chi connectivity index (χ1) is 47.2. The maximum Gasteiger partial charge on any atom is 0.303 e. The van der Waals surface area contributed by atoms with Crippen LogP contribution in [0.2, 0.25) is 0 Å². The first-order valence-corrected chi connectivity index (χ1v) is 34.2. The Balaban J connectivity index is 1.69. The highest BCUT2D eigenvalue weighted by atomic mass is 19.2. The lowest BCUT2D eigenvalue weighted by molar-refractivity contribution is -0.139. The Morgan fingerprint density at radius 1 is 0.590 bits per heavy atom. The average Bonchev–Trinajstić information content (AvgIpc) is 1.16. The number of carbonyl (C=O) groups excluding carboxylic acids is 11. The number of nitrogens with two attached hydrogens (primary N) is 1. The third-order valence-electron chi connectivity index (χ3n) is 17.3. The molecule has 0 saturated carbocycles. The number of primary amides is 1. The number of phenolic OH excluding ortho intramolecular Hbond substituents is 1. The van der Waals surface area contributed by atoms with Crippen molar-refractivity contribution < 1.29 is 81.6 Å². The average molecular weight is 1400 g/mol. The summed E-state index contributed by atoms with van der Waals surface area (Å²) in [5.74, 6) is -14.6. The van der Waals surface area contributed by atoms with Gasteiger partial charge in [-0.2, -0.15) is 0 Å². The number of aromatic hydroxyl groups is 1. The molecule has 0 aliphatic carbocycles. The van der Waals surface area contributed by atoms with Gasteiger partial charge < -0.3 is 73.4 Å². The standard InChI is InChI=1S/C73H102F2N10O15/c1-10-11-12-13-14-15-16-17-20-35-73(9,71(100)83-60(42-86)69(98)79-46(6)64(93)78-45(5)63(76)92)85-65(94)49(27-23-43(2)3)28-33-61(89)58(40-51-41-77-56-22-19-18-21-53(51)56)80-68(97)59(39-47-24-29-52(88)30-25-47)81-67(96)57(32-34-62(90)91)82-70(99)72(7,8)84-66(95)50(36-44(4)87)37-48-26-31-54(74)55(75)38-48/h15-16,18-19,21-22,24-26,29-31,38,41,43,45-46,49-50,57-60,77,86,88H,10-14,17,20,23,27-28,32-37,39-40,42H2,1-9H3,(H2,76,92)(H,78,93)(H,79,98)(H,80,97)(H,81,96)(H,82,99)(H,83,100)(H,84,95)(H,85,94)(H,90,91)/b16-15+/t45-,46?,49+,50-,57-,58-,59?,60-,73-/m0/s1. The summed E-state index contributed by atoms with van der Waals surface area (Å²) in [5.41, 5.74) is 3.55. The van der Waals surface area contributed by atoms with Crippen molar-refractivity contribution in [1.29, 1.82) is 0 Å². The number of aromatic amines is 1. The van der Waals surface area contributed by atoms with E-state index in [2.05, 4.69) is 60.5 Å². The molecule has 1 heterocycles. The van der Waals surface area contributed by atoms with Crippen molar-refractivity contribution in [3.8, 4) is 5.75 Å². The van der Waals surface area contributed by atoms with Crippen molar-refractivity contribution in [2.75, 3.05) is 6.61 Å². The van der Waals surface area contributed by atoms with Gasteiger partial charge in [0.15, 0.2) is 17.4 Å². The molecule has 9 amide bonds. The van der Waals surface area contributed by atoms with Crippen LogP contribution in [-0.4, -0.2) is 145 Å². The number of aliphatic carboxylic acids is 1. The number of H-pyrrole nitrogens is 1. The molecule has 3 aromatic carbocycles. The number of rotatable bonds is 45. The molecule has 100 heavy (non-hydrogen) atoms. The summed E-state index contributed by atoms with van der Waals surface area (Å²) in [4.78, 5) is 168. The number of unbranched alkanes of at least 4 members (excludes halogenated alkanes) is 5. The Morgan fingerprint density at radius 3 is 1.83 bits per heavy atom. The monoisotopic (exact) mass is 1400 g/mol. The molecule has 25 nitrogen and oxygen atoms in total. The SMILES string of the molecule is CCCCCC/C=C/CCC[C@](C)(NC(=O)[C@@H](CCC(=O)[C@H](Cc1c[nH]c2ccccc12)NC(=O)C(Cc1ccc(O)cc1)NC(=O)[C@H](CCC(=O)O)NC(=O)C(C)(C)NC(=O)[C@@H](CC(C)=O)Cc1ccc(F)c(F)c1)CCC(C)C)C(=O)N[C@@H](CO)C(=O)NC(C)C(=O)N[C@@H](C)C(N)=O. The molecule has 0 radical (unpaired) electrons. The van der Waals surface area contributed by atoms with E-state index >= 15 is 9.59 Å². The minimum Gasteiger partial charge on any atom is -0.508 e. The van der Waals surface area contributed by atoms with Gasteiger partial charge in [-0.3, -0.25) is 52.7 Å². The van der Waals surface area contributed by atoms with Crippen molar-refractivity contribution in [2.24, 2.45) is 23.5 Å². The molecule has 0 saturated heterocycles. The Kier molecular flexibility index (Phi) is 33.7. The van der Waals surface area contributed by atoms with E-state index in [0.29, 0.717) is 41.3 Å². The van der Waals surface area contributed by atoms with Gasteiger partial charge in [0.05, 0.1) is 12.6 Å². The number of para-hydroxylation sites is 1. The largest absolute Gasteiger partial charge is 0.508 e. The normalized spacial score (nSPS) is 14.6. The number of amides is 9. The minimum atomic E-state index is -1.88. The summed E-state index contributed by atoms with van der Waals surface area (Å²) in [6.07, 6.45) is 9.86. The van der Waals surface area contributed by atoms with Crippen LogP contribution in [-0.2, 0) is 76.8 Å². The topological polar surface area (TPSA) is 404 Å². The molecule has 0 spiro atoms. The fourth-order valence-electron chi connectivity index (χ4n) is 11.1. The molecule has 9 atom stereocenters. The van der Waals surface area contributed by atoms with Crippen LogP contribution in [0.3, 0.4) is 0 Å². The van der Waals surface area contributed by atoms with Crippen LogP contribution in [0.15, 0.2) is 85.1 Å². The highest BCUT2D eigenvalue weighted by Crippen LogP contribution is 2.26. The first kappa shape index (κ1) is 83.0. The summed E-state index contributed by atoms with van der Waals surface area (Å²) < 4.78 is 28.0. The lowest BCUT2D eigenvalue weighted by atomic mass is 9.87. The van der Waals surface area contributed by atoms with Crippen LogP contribution < -0.4 is 48.3 Å². The molecule has 4 rings (SSSR count). The molecule has 0 bridgehead atoms. The van der Waals surface area contributed by atoms with Crippen molar-refractivity contribution in [1.82, 2.24) is 47.5 Å². The maximum atomic E-state index is 15.1. The molecule has 0 fully saturated rings. The van der Waals surface area contributed by atoms with Crippen LogP contribution >= 0.6 is 0 Å². The number of halogens is 2. The van der Waals surface area contributed by atoms with E-state index in [4.69, 9.17) is 5.73 Å². The van der Waals surface area contributed by atoms with Crippen LogP contribution in [0.1, 0.15) is 175 Å². The minimum absolute atomic E-state index is 0.0447. The summed E-state index contributed by atoms with van der Waals surface area (Å²) in [7, 11) is 0. The number of benzene rings is 3. The Labute approximate surface area is 582 Å². The third kappa shape index (κ3) is 27.7. The highest BCUT2D eigenvalue weighted by molar-refractivity contribution is 5.99. The molecule has 548 valence electrons. The Hall–Kier alpha value is -9.40. The van der Waals surface area contributed by atoms with Gasteiger partial charge in [0.25, 0.3) is 0 Å². The number of carbonyl (C=O) groups is 12. The number of carboxylic acids is 1. The number of aliphatic hydroxyl groups is 1. The van der Waals surface area contributed by atoms with Gasteiger partial charge in [0.1, 0.15) is 52.8 Å². The third-order valence-corrected chi connectivity index (χ3v) is 17.3. The summed E-state index contributed by atoms with van der Waals surface area (Å²) in [6.45, 7) is 13.0. The second kappa shape index (κ2) is 40.6. The van der Waals surface area contributed by atoms with E-state index in [9.17, 15) is 72.0 Å². The van der Waals surface area contributed by atoms with Gasteiger partial charge in [-0.25, -0.2) is 8.78 Å². The van der Waals surface area contributed by atoms with Crippen molar-refractivity contribution in [3.05, 3.63) is 113 Å². The molecule has 27 heteroatoms. The number of phenols is 1. The van der Waals surface area contributed by atoms with Crippen LogP contribution in [0, 0.1) is 29.4 Å². The number of nitrogens with one attached hydrogen (secondary N) is 9. The van der Waals surface area contributed by atoms with Crippen molar-refractivity contribution in [3.63, 3.8) is 0 Å². The van der Waals surface area contributed by atoms with Crippen molar-refractivity contribution in [2.45, 2.75) is 225 Å². The highest BCUT2D eigenvalue weighted by Gasteiger charge is 2.41. The van der Waals surface area contributed by atoms with E-state index in [1.807, 2.05) is 32.1 Å². The van der Waals surface area contributed by atoms with Gasteiger partial charge in [0.2, 0.25) is 53.2 Å². The van der Waals surface area contributed by atoms with Gasteiger partial charge >= 0.3 is 5.97 Å². The number of allylic oxidation sites excluding steroid dienone is 2. The van der Waals surface area contributed by atoms with Crippen LogP contribution in [0.5, 0.6) is 5.75 Å². The molecule has 0 aliphatic rings. The predicted octanol–water partition coefficient (Wildman–Crippen LogP) is 5.93. The van der Waals surface area contributed by atoms with Crippen molar-refractivity contribution >= 4 is 81.6 Å². The van der Waals surface area contributed by atoms with Gasteiger partial charge in [-0.1, -0.05) is 95.0 Å².